The fourth-order valence-electron chi connectivity index (χ4n) is 3.94. The van der Waals surface area contributed by atoms with Crippen LogP contribution in [-0.2, 0) is 10.0 Å². The normalized spacial score (nSPS) is 15.6. The van der Waals surface area contributed by atoms with Crippen molar-refractivity contribution in [1.29, 1.82) is 0 Å². The molecule has 4 N–H and O–H groups in total. The molecule has 1 saturated heterocycles. The van der Waals surface area contributed by atoms with Crippen molar-refractivity contribution in [3.05, 3.63) is 53.6 Å². The van der Waals surface area contributed by atoms with Crippen LogP contribution in [0.25, 0.3) is 0 Å². The molecule has 0 saturated carbocycles. The van der Waals surface area contributed by atoms with Crippen LogP contribution in [0.2, 0.25) is 0 Å². The molecule has 8 nitrogen and oxygen atoms in total. The Bertz CT molecular complexity index is 1000. The summed E-state index contributed by atoms with van der Waals surface area (Å²) < 4.78 is 34.2. The Labute approximate surface area is 177 Å². The SMILES string of the molecule is COc1ccc(S(N)(=O)=O)cc1C(=O)NC[C@H](c1ccccc1OC)[NH+]1CCCC1. The molecule has 0 spiro atoms. The number of primary sulfonamides is 1. The van der Waals surface area contributed by atoms with Crippen molar-refractivity contribution in [3.8, 4) is 11.5 Å². The Morgan fingerprint density at radius 3 is 2.40 bits per heavy atom. The van der Waals surface area contributed by atoms with E-state index in [2.05, 4.69) is 5.32 Å². The third kappa shape index (κ3) is 4.92. The van der Waals surface area contributed by atoms with Crippen LogP contribution in [0.5, 0.6) is 11.5 Å². The van der Waals surface area contributed by atoms with E-state index in [-0.39, 0.29) is 22.3 Å². The van der Waals surface area contributed by atoms with E-state index in [0.29, 0.717) is 6.54 Å². The molecule has 1 atom stereocenters. The third-order valence-corrected chi connectivity index (χ3v) is 6.37. The van der Waals surface area contributed by atoms with E-state index in [9.17, 15) is 13.2 Å². The summed E-state index contributed by atoms with van der Waals surface area (Å²) in [4.78, 5) is 14.2. The number of nitrogens with one attached hydrogen (secondary N) is 2. The van der Waals surface area contributed by atoms with Crippen molar-refractivity contribution in [2.75, 3.05) is 33.9 Å². The van der Waals surface area contributed by atoms with Crippen molar-refractivity contribution in [1.82, 2.24) is 5.32 Å². The second kappa shape index (κ2) is 9.46. The average molecular weight is 435 g/mol. The predicted octanol–water partition coefficient (Wildman–Crippen LogP) is 0.501. The summed E-state index contributed by atoms with van der Waals surface area (Å²) in [5.74, 6) is 0.642. The molecule has 0 bridgehead atoms. The third-order valence-electron chi connectivity index (χ3n) is 5.46. The van der Waals surface area contributed by atoms with Crippen LogP contribution in [0.3, 0.4) is 0 Å². The Hall–Kier alpha value is -2.62. The quantitative estimate of drug-likeness (QED) is 0.560. The number of likely N-dealkylation sites (tertiary alicyclic amines) is 1. The van der Waals surface area contributed by atoms with Gasteiger partial charge in [-0.3, -0.25) is 4.79 Å². The Kier molecular flexibility index (Phi) is 6.96. The van der Waals surface area contributed by atoms with E-state index in [0.717, 1.165) is 37.2 Å². The Morgan fingerprint density at radius 1 is 1.10 bits per heavy atom. The van der Waals surface area contributed by atoms with Gasteiger partial charge >= 0.3 is 0 Å². The van der Waals surface area contributed by atoms with Gasteiger partial charge in [0.2, 0.25) is 10.0 Å². The smallest absolute Gasteiger partial charge is 0.255 e. The number of hydrogen-bond donors (Lipinski definition) is 3. The molecule has 2 aromatic carbocycles. The van der Waals surface area contributed by atoms with Gasteiger partial charge in [0.15, 0.2) is 0 Å². The monoisotopic (exact) mass is 434 g/mol. The van der Waals surface area contributed by atoms with Gasteiger partial charge in [0.1, 0.15) is 17.5 Å². The summed E-state index contributed by atoms with van der Waals surface area (Å²) in [5, 5.41) is 8.16. The zero-order chi connectivity index (χ0) is 21.7. The van der Waals surface area contributed by atoms with Gasteiger partial charge in [-0.15, -0.1) is 0 Å². The van der Waals surface area contributed by atoms with Crippen molar-refractivity contribution in [2.24, 2.45) is 5.14 Å². The van der Waals surface area contributed by atoms with Crippen molar-refractivity contribution >= 4 is 15.9 Å². The first kappa shape index (κ1) is 22.1. The minimum absolute atomic E-state index is 0.0139. The van der Waals surface area contributed by atoms with Crippen LogP contribution in [0, 0.1) is 0 Å². The van der Waals surface area contributed by atoms with E-state index in [1.165, 1.54) is 30.2 Å². The lowest BCUT2D eigenvalue weighted by atomic mass is 10.0. The van der Waals surface area contributed by atoms with Crippen LogP contribution < -0.4 is 24.8 Å². The number of amides is 1. The van der Waals surface area contributed by atoms with E-state index in [1.54, 1.807) is 7.11 Å². The molecule has 1 amide bonds. The number of benzene rings is 2. The highest BCUT2D eigenvalue weighted by Crippen LogP contribution is 2.25. The first-order chi connectivity index (χ1) is 14.3. The molecule has 9 heteroatoms. The molecule has 0 aliphatic carbocycles. The van der Waals surface area contributed by atoms with E-state index in [1.807, 2.05) is 24.3 Å². The number of sulfonamides is 1. The van der Waals surface area contributed by atoms with Gasteiger partial charge in [0, 0.05) is 12.8 Å². The maximum Gasteiger partial charge on any atom is 0.255 e. The first-order valence-corrected chi connectivity index (χ1v) is 11.4. The van der Waals surface area contributed by atoms with Crippen LogP contribution in [0.4, 0.5) is 0 Å². The van der Waals surface area contributed by atoms with Gasteiger partial charge in [-0.05, 0) is 30.3 Å². The summed E-state index contributed by atoms with van der Waals surface area (Å²) in [6, 6.07) is 11.8. The predicted molar refractivity (Wildman–Crippen MR) is 112 cm³/mol. The fourth-order valence-corrected chi connectivity index (χ4v) is 4.48. The molecule has 1 fully saturated rings. The molecule has 1 aliphatic heterocycles. The summed E-state index contributed by atoms with van der Waals surface area (Å²) in [5.41, 5.74) is 1.15. The molecule has 1 heterocycles. The van der Waals surface area contributed by atoms with Crippen molar-refractivity contribution in [3.63, 3.8) is 0 Å². The van der Waals surface area contributed by atoms with Crippen molar-refractivity contribution < 1.29 is 27.6 Å². The summed E-state index contributed by atoms with van der Waals surface area (Å²) >= 11 is 0. The van der Waals surface area contributed by atoms with Gasteiger partial charge < -0.3 is 19.7 Å². The fraction of sp³-hybridized carbons (Fsp3) is 0.381. The highest BCUT2D eigenvalue weighted by molar-refractivity contribution is 7.89. The topological polar surface area (TPSA) is 112 Å². The van der Waals surface area contributed by atoms with Crippen LogP contribution >= 0.6 is 0 Å². The van der Waals surface area contributed by atoms with Gasteiger partial charge in [-0.25, -0.2) is 13.6 Å². The lowest BCUT2D eigenvalue weighted by Gasteiger charge is -2.26. The first-order valence-electron chi connectivity index (χ1n) is 9.81. The van der Waals surface area contributed by atoms with Crippen molar-refractivity contribution in [2.45, 2.75) is 23.8 Å². The molecule has 2 aromatic rings. The van der Waals surface area contributed by atoms with Gasteiger partial charge in [-0.2, -0.15) is 0 Å². The molecule has 3 rings (SSSR count). The zero-order valence-corrected chi connectivity index (χ0v) is 18.0. The number of quaternary nitrogens is 1. The highest BCUT2D eigenvalue weighted by Gasteiger charge is 2.30. The molecule has 0 unspecified atom stereocenters. The number of ether oxygens (including phenoxy) is 2. The van der Waals surface area contributed by atoms with Gasteiger partial charge in [0.25, 0.3) is 5.91 Å². The van der Waals surface area contributed by atoms with Crippen LogP contribution in [0.1, 0.15) is 34.8 Å². The Balaban J connectivity index is 1.86. The molecule has 0 aromatic heterocycles. The summed E-state index contributed by atoms with van der Waals surface area (Å²) in [6.45, 7) is 2.41. The molecular formula is C21H28N3O5S+. The summed E-state index contributed by atoms with van der Waals surface area (Å²) in [7, 11) is -0.875. The second-order valence-electron chi connectivity index (χ2n) is 7.28. The summed E-state index contributed by atoms with van der Waals surface area (Å²) in [6.07, 6.45) is 2.28. The Morgan fingerprint density at radius 2 is 1.77 bits per heavy atom. The number of para-hydroxylation sites is 1. The molecular weight excluding hydrogens is 406 g/mol. The minimum Gasteiger partial charge on any atom is -0.496 e. The number of nitrogens with two attached hydrogens (primary N) is 1. The lowest BCUT2D eigenvalue weighted by molar-refractivity contribution is -0.918. The maximum atomic E-state index is 12.9. The molecule has 162 valence electrons. The lowest BCUT2D eigenvalue weighted by Crippen LogP contribution is -3.11. The van der Waals surface area contributed by atoms with Gasteiger partial charge in [0.05, 0.1) is 49.9 Å². The van der Waals surface area contributed by atoms with E-state index < -0.39 is 15.9 Å². The second-order valence-corrected chi connectivity index (χ2v) is 8.84. The van der Waals surface area contributed by atoms with E-state index in [4.69, 9.17) is 14.6 Å². The maximum absolute atomic E-state index is 12.9. The van der Waals surface area contributed by atoms with E-state index >= 15 is 0 Å². The molecule has 30 heavy (non-hydrogen) atoms. The molecule has 1 aliphatic rings. The minimum atomic E-state index is -3.94. The largest absolute Gasteiger partial charge is 0.496 e. The average Bonchev–Trinajstić information content (AvgIpc) is 3.27. The van der Waals surface area contributed by atoms with Gasteiger partial charge in [-0.1, -0.05) is 12.1 Å². The zero-order valence-electron chi connectivity index (χ0n) is 17.2. The number of carbonyl (C=O) groups is 1. The van der Waals surface area contributed by atoms with Crippen LogP contribution in [-0.4, -0.2) is 48.2 Å². The molecule has 0 radical (unpaired) electrons. The highest BCUT2D eigenvalue weighted by atomic mass is 32.2. The number of carbonyl (C=O) groups excluding carboxylic acids is 1. The number of hydrogen-bond acceptors (Lipinski definition) is 5. The number of rotatable bonds is 8. The number of methoxy groups -OCH3 is 2. The van der Waals surface area contributed by atoms with Crippen LogP contribution in [0.15, 0.2) is 47.4 Å². The standard InChI is InChI=1S/C21H27N3O5S/c1-28-19-8-4-3-7-16(19)18(24-11-5-6-12-24)14-23-21(25)17-13-15(30(22,26)27)9-10-20(17)29-2/h3-4,7-10,13,18H,5-6,11-12,14H2,1-2H3,(H,23,25)(H2,22,26,27)/p+1/t18-/m1/s1.